The van der Waals surface area contributed by atoms with Gasteiger partial charge in [-0.2, -0.15) is 0 Å². The molecular formula is C17H15N3O3. The van der Waals surface area contributed by atoms with Gasteiger partial charge in [-0.25, -0.2) is 4.68 Å². The van der Waals surface area contributed by atoms with Crippen LogP contribution in [0.25, 0.3) is 16.9 Å². The number of ether oxygens (including phenoxy) is 2. The predicted octanol–water partition coefficient (Wildman–Crippen LogP) is 2.76. The largest absolute Gasteiger partial charge is 0.497 e. The van der Waals surface area contributed by atoms with Gasteiger partial charge < -0.3 is 9.47 Å². The van der Waals surface area contributed by atoms with Crippen LogP contribution in [-0.2, 0) is 0 Å². The Bertz CT molecular complexity index is 843. The van der Waals surface area contributed by atoms with E-state index in [0.29, 0.717) is 29.2 Å². The van der Waals surface area contributed by atoms with Crippen molar-refractivity contribution < 1.29 is 14.3 Å². The number of hydrogen-bond donors (Lipinski definition) is 0. The molecule has 0 amide bonds. The summed E-state index contributed by atoms with van der Waals surface area (Å²) < 4.78 is 12.2. The first-order valence-electron chi connectivity index (χ1n) is 6.97. The van der Waals surface area contributed by atoms with E-state index in [4.69, 9.17) is 9.47 Å². The van der Waals surface area contributed by atoms with Gasteiger partial charge in [0.1, 0.15) is 22.9 Å². The first-order valence-corrected chi connectivity index (χ1v) is 6.97. The van der Waals surface area contributed by atoms with Crippen molar-refractivity contribution >= 4 is 6.29 Å². The van der Waals surface area contributed by atoms with Crippen LogP contribution in [0.5, 0.6) is 11.5 Å². The Morgan fingerprint density at radius 1 is 1.04 bits per heavy atom. The van der Waals surface area contributed by atoms with E-state index in [0.717, 1.165) is 5.56 Å². The Hall–Kier alpha value is -3.15. The SMILES string of the molecule is COc1cccc(-c2c(C=O)nnn2-c2ccccc2OC)c1. The molecule has 1 aromatic heterocycles. The predicted molar refractivity (Wildman–Crippen MR) is 85.3 cm³/mol. The molecule has 3 rings (SSSR count). The summed E-state index contributed by atoms with van der Waals surface area (Å²) in [6.07, 6.45) is 0.688. The van der Waals surface area contributed by atoms with Gasteiger partial charge >= 0.3 is 0 Å². The highest BCUT2D eigenvalue weighted by molar-refractivity contribution is 5.84. The van der Waals surface area contributed by atoms with Gasteiger partial charge in [-0.1, -0.05) is 29.5 Å². The fraction of sp³-hybridized carbons (Fsp3) is 0.118. The van der Waals surface area contributed by atoms with E-state index < -0.39 is 0 Å². The van der Waals surface area contributed by atoms with E-state index >= 15 is 0 Å². The summed E-state index contributed by atoms with van der Waals surface area (Å²) in [5.41, 5.74) is 2.32. The number of hydrogen-bond acceptors (Lipinski definition) is 5. The van der Waals surface area contributed by atoms with Crippen LogP contribution in [0.2, 0.25) is 0 Å². The van der Waals surface area contributed by atoms with Crippen LogP contribution in [0.3, 0.4) is 0 Å². The van der Waals surface area contributed by atoms with E-state index in [-0.39, 0.29) is 5.69 Å². The molecule has 0 aliphatic carbocycles. The first-order chi connectivity index (χ1) is 11.3. The van der Waals surface area contributed by atoms with Crippen molar-refractivity contribution in [3.8, 4) is 28.4 Å². The van der Waals surface area contributed by atoms with E-state index in [1.807, 2.05) is 48.5 Å². The van der Waals surface area contributed by atoms with Crippen LogP contribution in [0, 0.1) is 0 Å². The van der Waals surface area contributed by atoms with Crippen LogP contribution in [0.1, 0.15) is 10.5 Å². The third-order valence-corrected chi connectivity index (χ3v) is 3.46. The quantitative estimate of drug-likeness (QED) is 0.678. The molecule has 0 fully saturated rings. The average Bonchev–Trinajstić information content (AvgIpc) is 3.05. The number of carbonyl (C=O) groups is 1. The summed E-state index contributed by atoms with van der Waals surface area (Å²) in [7, 11) is 3.18. The molecule has 116 valence electrons. The van der Waals surface area contributed by atoms with Gasteiger partial charge in [-0.15, -0.1) is 5.10 Å². The third-order valence-electron chi connectivity index (χ3n) is 3.46. The molecule has 6 heteroatoms. The zero-order chi connectivity index (χ0) is 16.2. The average molecular weight is 309 g/mol. The maximum Gasteiger partial charge on any atom is 0.172 e. The molecule has 0 aliphatic rings. The molecule has 0 spiro atoms. The second-order valence-electron chi connectivity index (χ2n) is 4.76. The lowest BCUT2D eigenvalue weighted by Gasteiger charge is -2.11. The summed E-state index contributed by atoms with van der Waals surface area (Å²) in [4.78, 5) is 11.4. The molecule has 0 bridgehead atoms. The van der Waals surface area contributed by atoms with Crippen LogP contribution >= 0.6 is 0 Å². The smallest absolute Gasteiger partial charge is 0.172 e. The standard InChI is InChI=1S/C17H15N3O3/c1-22-13-7-5-6-12(10-13)17-14(11-21)18-19-20(17)15-8-3-4-9-16(15)23-2/h3-11H,1-2H3. The summed E-state index contributed by atoms with van der Waals surface area (Å²) >= 11 is 0. The Balaban J connectivity index is 2.24. The van der Waals surface area contributed by atoms with Crippen molar-refractivity contribution in [2.75, 3.05) is 14.2 Å². The normalized spacial score (nSPS) is 10.3. The van der Waals surface area contributed by atoms with Gasteiger partial charge in [0.15, 0.2) is 12.0 Å². The molecule has 0 unspecified atom stereocenters. The van der Waals surface area contributed by atoms with Crippen molar-refractivity contribution in [1.29, 1.82) is 0 Å². The van der Waals surface area contributed by atoms with E-state index in [9.17, 15) is 4.79 Å². The van der Waals surface area contributed by atoms with Gasteiger partial charge in [-0.3, -0.25) is 4.79 Å². The number of rotatable bonds is 5. The molecule has 0 radical (unpaired) electrons. The van der Waals surface area contributed by atoms with Crippen LogP contribution in [0.4, 0.5) is 0 Å². The first kappa shape index (κ1) is 14.8. The summed E-state index contributed by atoms with van der Waals surface area (Å²) in [6, 6.07) is 14.8. The second-order valence-corrected chi connectivity index (χ2v) is 4.76. The Morgan fingerprint density at radius 2 is 1.87 bits per heavy atom. The summed E-state index contributed by atoms with van der Waals surface area (Å²) in [5, 5.41) is 8.08. The van der Waals surface area contributed by atoms with Crippen LogP contribution < -0.4 is 9.47 Å². The zero-order valence-electron chi connectivity index (χ0n) is 12.8. The second kappa shape index (κ2) is 6.31. The number of nitrogens with zero attached hydrogens (tertiary/aromatic N) is 3. The maximum absolute atomic E-state index is 11.4. The van der Waals surface area contributed by atoms with Gasteiger partial charge in [0, 0.05) is 5.56 Å². The van der Waals surface area contributed by atoms with E-state index in [2.05, 4.69) is 10.3 Å². The van der Waals surface area contributed by atoms with Gasteiger partial charge in [0.25, 0.3) is 0 Å². The molecule has 0 saturated heterocycles. The lowest BCUT2D eigenvalue weighted by molar-refractivity contribution is 0.111. The highest BCUT2D eigenvalue weighted by Gasteiger charge is 2.18. The molecule has 0 N–H and O–H groups in total. The number of aldehydes is 1. The minimum atomic E-state index is 0.254. The molecule has 2 aromatic carbocycles. The summed E-state index contributed by atoms with van der Waals surface area (Å²) in [5.74, 6) is 1.33. The topological polar surface area (TPSA) is 66.2 Å². The van der Waals surface area contributed by atoms with Crippen molar-refractivity contribution in [2.24, 2.45) is 0 Å². The number of methoxy groups -OCH3 is 2. The molecule has 3 aromatic rings. The van der Waals surface area contributed by atoms with E-state index in [1.165, 1.54) is 0 Å². The van der Waals surface area contributed by atoms with Crippen molar-refractivity contribution in [3.05, 3.63) is 54.2 Å². The van der Waals surface area contributed by atoms with Gasteiger partial charge in [0.2, 0.25) is 0 Å². The Kier molecular flexibility index (Phi) is 4.05. The van der Waals surface area contributed by atoms with E-state index in [1.54, 1.807) is 18.9 Å². The third kappa shape index (κ3) is 2.66. The highest BCUT2D eigenvalue weighted by atomic mass is 16.5. The van der Waals surface area contributed by atoms with Crippen LogP contribution in [-0.4, -0.2) is 35.5 Å². The van der Waals surface area contributed by atoms with Gasteiger partial charge in [0.05, 0.1) is 14.2 Å². The van der Waals surface area contributed by atoms with Crippen molar-refractivity contribution in [2.45, 2.75) is 0 Å². The molecule has 0 aliphatic heterocycles. The lowest BCUT2D eigenvalue weighted by atomic mass is 10.1. The zero-order valence-corrected chi connectivity index (χ0v) is 12.8. The highest BCUT2D eigenvalue weighted by Crippen LogP contribution is 2.30. The van der Waals surface area contributed by atoms with Crippen molar-refractivity contribution in [1.82, 2.24) is 15.0 Å². The monoisotopic (exact) mass is 309 g/mol. The fourth-order valence-corrected chi connectivity index (χ4v) is 2.39. The Morgan fingerprint density at radius 3 is 2.61 bits per heavy atom. The maximum atomic E-state index is 11.4. The fourth-order valence-electron chi connectivity index (χ4n) is 2.39. The number of para-hydroxylation sites is 2. The number of aromatic nitrogens is 3. The summed E-state index contributed by atoms with van der Waals surface area (Å²) in [6.45, 7) is 0. The number of benzene rings is 2. The molecule has 0 atom stereocenters. The molecule has 23 heavy (non-hydrogen) atoms. The molecule has 0 saturated carbocycles. The molecule has 6 nitrogen and oxygen atoms in total. The Labute approximate surface area is 133 Å². The minimum Gasteiger partial charge on any atom is -0.497 e. The van der Waals surface area contributed by atoms with Crippen molar-refractivity contribution in [3.63, 3.8) is 0 Å². The van der Waals surface area contributed by atoms with Crippen LogP contribution in [0.15, 0.2) is 48.5 Å². The molecule has 1 heterocycles. The minimum absolute atomic E-state index is 0.254. The lowest BCUT2D eigenvalue weighted by Crippen LogP contribution is -2.02. The van der Waals surface area contributed by atoms with Gasteiger partial charge in [-0.05, 0) is 24.3 Å². The molecular weight excluding hydrogens is 294 g/mol. The number of carbonyl (C=O) groups excluding carboxylic acids is 1.